The maximum Gasteiger partial charge on any atom is 0.344 e. The lowest BCUT2D eigenvalue weighted by Crippen LogP contribution is -2.67. The van der Waals surface area contributed by atoms with Gasteiger partial charge in [0.25, 0.3) is 0 Å². The minimum Gasteiger partial charge on any atom is -0.459 e. The standard InChI is InChI=1S/2C17H21NO6.C17H28O2.2C16H26O4.C13H24O2/c2*1-4-16(2,3)14(20)22-7-11(19)23-12-9-5-10-13(12)24-15(21)17(10,6-9)8-18;1-5-16(2,3)15(18)19-17(4)13-7-11-6-12(9-13)10-14(17)8-11;2*1-4-13(2,3)12(17)20-16-7-11-5-14(18,9-16)8-15(19,6-11)10-16;1-5-12(3,4)11(14)15-13(6-2)9-7-8-10-13/h2*9-10,12-13H,4-7H2,1-3H3;11-14H,5-10H2,1-4H3;2*11,18-19H,4-10H2,1-3H3;5-10H2,1-4H3. The molecule has 0 radical (unpaired) electrons. The molecule has 0 aromatic rings. The van der Waals surface area contributed by atoms with Crippen molar-refractivity contribution < 1.29 is 116 Å². The fourth-order valence-electron chi connectivity index (χ4n) is 24.4. The summed E-state index contributed by atoms with van der Waals surface area (Å²) in [5.74, 6) is -0.501. The van der Waals surface area contributed by atoms with Crippen LogP contribution < -0.4 is 0 Å². The van der Waals surface area contributed by atoms with E-state index >= 15 is 0 Å². The first-order chi connectivity index (χ1) is 56.5. The van der Waals surface area contributed by atoms with Gasteiger partial charge in [0, 0.05) is 62.2 Å². The Morgan fingerprint density at radius 3 is 1.00 bits per heavy atom. The van der Waals surface area contributed by atoms with E-state index in [0.717, 1.165) is 95.3 Å². The molecule has 0 aromatic carbocycles. The Morgan fingerprint density at radius 1 is 0.402 bits per heavy atom. The van der Waals surface area contributed by atoms with Gasteiger partial charge >= 0.3 is 59.7 Å². The second-order valence-electron chi connectivity index (χ2n) is 45.1. The number of hydrogen-bond donors (Lipinski definition) is 4. The number of carbonyl (C=O) groups is 10. The molecule has 17 aliphatic carbocycles. The molecule has 122 heavy (non-hydrogen) atoms. The molecule has 2 saturated heterocycles. The summed E-state index contributed by atoms with van der Waals surface area (Å²) < 4.78 is 55.1. The van der Waals surface area contributed by atoms with Gasteiger partial charge in [-0.15, -0.1) is 0 Å². The Kier molecular flexibility index (Phi) is 27.0. The van der Waals surface area contributed by atoms with Crippen molar-refractivity contribution in [3.8, 4) is 12.1 Å². The average Bonchev–Trinajstić information content (AvgIpc) is 1.24. The summed E-state index contributed by atoms with van der Waals surface area (Å²) in [4.78, 5) is 121. The Balaban J connectivity index is 0.000000144. The predicted molar refractivity (Wildman–Crippen MR) is 443 cm³/mol. The first-order valence-corrected chi connectivity index (χ1v) is 46.3. The van der Waals surface area contributed by atoms with Crippen molar-refractivity contribution in [2.75, 3.05) is 13.2 Å². The van der Waals surface area contributed by atoms with Gasteiger partial charge < -0.3 is 67.8 Å². The summed E-state index contributed by atoms with van der Waals surface area (Å²) in [6.07, 6.45) is 23.6. The van der Waals surface area contributed by atoms with Crippen LogP contribution in [0, 0.1) is 125 Å². The van der Waals surface area contributed by atoms with Crippen molar-refractivity contribution in [1.82, 2.24) is 0 Å². The lowest BCUT2D eigenvalue weighted by atomic mass is 9.50. The van der Waals surface area contributed by atoms with Gasteiger partial charge in [0.2, 0.25) is 0 Å². The molecule has 684 valence electrons. The number of aliphatic hydroxyl groups is 4. The van der Waals surface area contributed by atoms with E-state index < -0.39 is 140 Å². The van der Waals surface area contributed by atoms with Crippen molar-refractivity contribution in [3.05, 3.63) is 0 Å². The zero-order valence-electron chi connectivity index (χ0n) is 77.0. The van der Waals surface area contributed by atoms with Crippen LogP contribution >= 0.6 is 0 Å². The summed E-state index contributed by atoms with van der Waals surface area (Å²) in [5.41, 5.74) is -10.1. The van der Waals surface area contributed by atoms with Gasteiger partial charge in [0.05, 0.1) is 67.0 Å². The summed E-state index contributed by atoms with van der Waals surface area (Å²) in [6.45, 7) is 37.7. The van der Waals surface area contributed by atoms with Crippen molar-refractivity contribution in [1.29, 1.82) is 10.5 Å². The second-order valence-corrected chi connectivity index (χ2v) is 45.1. The average molecular weight is 1710 g/mol. The van der Waals surface area contributed by atoms with E-state index in [1.54, 1.807) is 27.7 Å². The largest absolute Gasteiger partial charge is 0.459 e. The minimum atomic E-state index is -1.06. The van der Waals surface area contributed by atoms with E-state index in [-0.39, 0.29) is 81.4 Å². The Morgan fingerprint density at radius 2 is 0.705 bits per heavy atom. The number of carbonyl (C=O) groups excluding carboxylic acids is 10. The van der Waals surface area contributed by atoms with Gasteiger partial charge in [-0.05, 0) is 292 Å². The van der Waals surface area contributed by atoms with Crippen LogP contribution in [-0.2, 0) is 95.3 Å². The molecule has 0 spiro atoms. The molecular formula is C96H146N2O24. The van der Waals surface area contributed by atoms with E-state index in [9.17, 15) is 78.9 Å². The molecule has 14 atom stereocenters. The Bertz CT molecular complexity index is 3800. The number of ether oxygens (including phenoxy) is 10. The van der Waals surface area contributed by atoms with Crippen LogP contribution in [0.3, 0.4) is 0 Å². The molecule has 17 saturated carbocycles. The van der Waals surface area contributed by atoms with Gasteiger partial charge in [-0.2, -0.15) is 10.5 Å². The van der Waals surface area contributed by atoms with Gasteiger partial charge in [-0.3, -0.25) is 38.4 Å². The number of nitriles is 2. The molecule has 26 heteroatoms. The molecular weight excluding hydrogens is 1570 g/mol. The monoisotopic (exact) mass is 1710 g/mol. The highest BCUT2D eigenvalue weighted by Gasteiger charge is 2.75. The quantitative estimate of drug-likeness (QED) is 0.0545. The highest BCUT2D eigenvalue weighted by molar-refractivity contribution is 5.86. The van der Waals surface area contributed by atoms with E-state index in [1.807, 2.05) is 90.0 Å². The molecule has 0 amide bonds. The lowest BCUT2D eigenvalue weighted by molar-refractivity contribution is -0.265. The lowest BCUT2D eigenvalue weighted by Gasteiger charge is -2.62. The number of esters is 10. The third-order valence-electron chi connectivity index (χ3n) is 33.4. The van der Waals surface area contributed by atoms with Gasteiger partial charge in [-0.25, -0.2) is 9.59 Å². The van der Waals surface area contributed by atoms with Crippen LogP contribution in [0.2, 0.25) is 0 Å². The zero-order chi connectivity index (χ0) is 90.4. The van der Waals surface area contributed by atoms with Crippen molar-refractivity contribution in [2.45, 2.75) is 413 Å². The van der Waals surface area contributed by atoms with Crippen molar-refractivity contribution in [2.24, 2.45) is 102 Å². The number of nitrogens with zero attached hydrogens (tertiary/aromatic N) is 2. The molecule has 2 heterocycles. The Labute approximate surface area is 723 Å². The normalized spacial score (nSPS) is 38.9. The zero-order valence-corrected chi connectivity index (χ0v) is 77.0. The fourth-order valence-corrected chi connectivity index (χ4v) is 24.4. The number of rotatable bonds is 23. The van der Waals surface area contributed by atoms with E-state index in [0.29, 0.717) is 88.9 Å². The molecule has 19 aliphatic rings. The number of hydrogen-bond acceptors (Lipinski definition) is 26. The maximum atomic E-state index is 12.5. The number of fused-ring (bicyclic) bond motifs is 2. The topological polar surface area (TPSA) is 392 Å². The summed E-state index contributed by atoms with van der Waals surface area (Å²) in [5, 5.41) is 61.3. The van der Waals surface area contributed by atoms with Crippen LogP contribution in [-0.4, -0.2) is 163 Å². The van der Waals surface area contributed by atoms with Crippen LogP contribution in [0.4, 0.5) is 0 Å². The molecule has 0 aromatic heterocycles. The molecule has 4 N–H and O–H groups in total. The van der Waals surface area contributed by atoms with E-state index in [1.165, 1.54) is 44.9 Å². The third-order valence-corrected chi connectivity index (χ3v) is 33.4. The summed E-state index contributed by atoms with van der Waals surface area (Å²) in [7, 11) is 0. The van der Waals surface area contributed by atoms with Gasteiger partial charge in [0.15, 0.2) is 24.0 Å². The van der Waals surface area contributed by atoms with E-state index in [2.05, 4.69) is 32.9 Å². The summed E-state index contributed by atoms with van der Waals surface area (Å²) in [6, 6.07) is 4.21. The maximum absolute atomic E-state index is 12.5. The van der Waals surface area contributed by atoms with Gasteiger partial charge in [-0.1, -0.05) is 48.5 Å². The summed E-state index contributed by atoms with van der Waals surface area (Å²) >= 11 is 0. The minimum absolute atomic E-state index is 0.0185. The van der Waals surface area contributed by atoms with Crippen molar-refractivity contribution in [3.63, 3.8) is 0 Å². The molecule has 26 nitrogen and oxygen atoms in total. The Hall–Kier alpha value is -6.48. The predicted octanol–water partition coefficient (Wildman–Crippen LogP) is 14.9. The van der Waals surface area contributed by atoms with Crippen LogP contribution in [0.25, 0.3) is 0 Å². The second kappa shape index (κ2) is 34.3. The third kappa shape index (κ3) is 18.9. The van der Waals surface area contributed by atoms with Crippen LogP contribution in [0.5, 0.6) is 0 Å². The molecule has 16 bridgehead atoms. The first-order valence-electron chi connectivity index (χ1n) is 46.3. The first kappa shape index (κ1) is 96.2. The highest BCUT2D eigenvalue weighted by atomic mass is 16.6. The highest BCUT2D eigenvalue weighted by Crippen LogP contribution is 2.67. The SMILES string of the molecule is CCC(C)(C)C(=O)OC1(C)C2CC3CC(C2)CC1C3.CCC(C)(C)C(=O)OC12CC3CC(O)(CC(O)(C3)C1)C2.CCC(C)(C)C(=O)OC12CC3CC(O)(CC(O)(C3)C1)C2.CCC(C)(C)C(=O)OCC(=O)OC1C2CC3C1OC(=O)C3(C#N)C2.CCC(C)(C)C(=O)OCC(=O)OC1C2CC3C1OC(=O)C3(C#N)C2.CCC1(OC(=O)C(C)(C)CC)CCCC1. The van der Waals surface area contributed by atoms with Crippen LogP contribution in [0.15, 0.2) is 0 Å². The van der Waals surface area contributed by atoms with Crippen LogP contribution in [0.1, 0.15) is 344 Å². The van der Waals surface area contributed by atoms with E-state index in [4.69, 9.17) is 47.4 Å². The molecule has 14 unspecified atom stereocenters. The van der Waals surface area contributed by atoms with Crippen molar-refractivity contribution >= 4 is 59.7 Å². The van der Waals surface area contributed by atoms with Gasteiger partial charge in [0.1, 0.15) is 46.8 Å². The fraction of sp³-hybridized carbons (Fsp3) is 0.875. The molecule has 19 fully saturated rings. The molecule has 19 rings (SSSR count). The smallest absolute Gasteiger partial charge is 0.344 e. The molecule has 2 aliphatic heterocycles.